The van der Waals surface area contributed by atoms with Crippen LogP contribution >= 0.6 is 11.6 Å². The van der Waals surface area contributed by atoms with Gasteiger partial charge in [-0.2, -0.15) is 4.31 Å². The highest BCUT2D eigenvalue weighted by Crippen LogP contribution is 2.44. The lowest BCUT2D eigenvalue weighted by atomic mass is 9.78. The molecule has 3 aromatic rings. The van der Waals surface area contributed by atoms with E-state index < -0.39 is 10.0 Å². The van der Waals surface area contributed by atoms with Gasteiger partial charge in [0.05, 0.1) is 10.6 Å². The molecule has 1 atom stereocenters. The van der Waals surface area contributed by atoms with Gasteiger partial charge in [-0.3, -0.25) is 4.79 Å². The van der Waals surface area contributed by atoms with Crippen LogP contribution in [0.4, 0.5) is 0 Å². The molecule has 0 amide bonds. The van der Waals surface area contributed by atoms with Crippen molar-refractivity contribution in [1.82, 2.24) is 9.29 Å². The third-order valence-corrected chi connectivity index (χ3v) is 9.50. The lowest BCUT2D eigenvalue weighted by Crippen LogP contribution is -2.35. The van der Waals surface area contributed by atoms with Gasteiger partial charge in [0.15, 0.2) is 6.29 Å². The number of rotatable bonds is 5. The van der Waals surface area contributed by atoms with Gasteiger partial charge in [-0.1, -0.05) is 42.3 Å². The summed E-state index contributed by atoms with van der Waals surface area (Å²) in [4.78, 5) is 16.2. The predicted molar refractivity (Wildman–Crippen MR) is 135 cm³/mol. The van der Waals surface area contributed by atoms with Crippen LogP contribution in [0.5, 0.6) is 0 Å². The number of benzene rings is 2. The maximum absolute atomic E-state index is 13.0. The zero-order valence-electron chi connectivity index (χ0n) is 19.3. The van der Waals surface area contributed by atoms with Gasteiger partial charge in [0.2, 0.25) is 10.0 Å². The van der Waals surface area contributed by atoms with E-state index in [0.29, 0.717) is 23.5 Å². The third-order valence-electron chi connectivity index (χ3n) is 7.26. The minimum Gasteiger partial charge on any atom is -0.358 e. The predicted octanol–water partition coefficient (Wildman–Crippen LogP) is 6.10. The molecule has 1 aromatic heterocycles. The second-order valence-electron chi connectivity index (χ2n) is 9.33. The second kappa shape index (κ2) is 9.33. The van der Waals surface area contributed by atoms with Crippen LogP contribution in [0.25, 0.3) is 11.3 Å². The van der Waals surface area contributed by atoms with Gasteiger partial charge in [-0.25, -0.2) is 8.42 Å². The first kappa shape index (κ1) is 23.3. The Hall–Kier alpha value is -2.41. The molecule has 1 saturated heterocycles. The highest BCUT2D eigenvalue weighted by molar-refractivity contribution is 7.89. The fourth-order valence-electron chi connectivity index (χ4n) is 5.58. The molecule has 1 N–H and O–H groups in total. The Morgan fingerprint density at radius 1 is 1.00 bits per heavy atom. The Morgan fingerprint density at radius 2 is 1.74 bits per heavy atom. The van der Waals surface area contributed by atoms with Crippen LogP contribution in [-0.4, -0.2) is 37.1 Å². The summed E-state index contributed by atoms with van der Waals surface area (Å²) in [6, 6.07) is 12.8. The van der Waals surface area contributed by atoms with E-state index in [-0.39, 0.29) is 5.92 Å². The minimum absolute atomic E-state index is 0.0569. The monoisotopic (exact) mass is 496 g/mol. The third kappa shape index (κ3) is 4.02. The number of nitrogens with zero attached hydrogens (tertiary/aromatic N) is 1. The number of aryl methyl sites for hydroxylation is 2. The molecule has 0 radical (unpaired) electrons. The number of aromatic nitrogens is 1. The largest absolute Gasteiger partial charge is 0.358 e. The number of piperidine rings is 1. The number of aromatic amines is 1. The van der Waals surface area contributed by atoms with Crippen molar-refractivity contribution in [2.75, 3.05) is 13.1 Å². The summed E-state index contributed by atoms with van der Waals surface area (Å²) in [6.45, 7) is 3.21. The fourth-order valence-corrected chi connectivity index (χ4v) is 7.45. The summed E-state index contributed by atoms with van der Waals surface area (Å²) in [6.07, 6.45) is 6.62. The first-order chi connectivity index (χ1) is 16.4. The highest BCUT2D eigenvalue weighted by atomic mass is 35.5. The molecule has 2 heterocycles. The Morgan fingerprint density at radius 3 is 2.41 bits per heavy atom. The number of fused-ring (bicyclic) bond motifs is 1. The Bertz CT molecular complexity index is 1300. The summed E-state index contributed by atoms with van der Waals surface area (Å²) in [5.74, 6) is 0.0569. The van der Waals surface area contributed by atoms with Crippen molar-refractivity contribution in [3.8, 4) is 11.3 Å². The van der Waals surface area contributed by atoms with Crippen LogP contribution in [-0.2, 0) is 16.4 Å². The van der Waals surface area contributed by atoms with Gasteiger partial charge in [-0.05, 0) is 79.5 Å². The summed E-state index contributed by atoms with van der Waals surface area (Å²) in [7, 11) is -3.49. The quantitative estimate of drug-likeness (QED) is 0.434. The Labute approximate surface area is 206 Å². The van der Waals surface area contributed by atoms with Crippen molar-refractivity contribution >= 4 is 27.9 Å². The number of H-pyrrole nitrogens is 1. The summed E-state index contributed by atoms with van der Waals surface area (Å²) >= 11 is 6.61. The van der Waals surface area contributed by atoms with Crippen LogP contribution in [0.1, 0.15) is 70.8 Å². The van der Waals surface area contributed by atoms with Crippen molar-refractivity contribution in [3.05, 3.63) is 75.4 Å². The zero-order valence-corrected chi connectivity index (χ0v) is 20.9. The van der Waals surface area contributed by atoms with E-state index in [4.69, 9.17) is 11.6 Å². The van der Waals surface area contributed by atoms with Crippen LogP contribution in [0, 0.1) is 6.92 Å². The molecule has 1 aliphatic carbocycles. The number of sulfonamides is 1. The van der Waals surface area contributed by atoms with Crippen LogP contribution < -0.4 is 0 Å². The van der Waals surface area contributed by atoms with E-state index in [2.05, 4.69) is 18.0 Å². The molecule has 0 spiro atoms. The summed E-state index contributed by atoms with van der Waals surface area (Å²) in [5.41, 5.74) is 6.50. The van der Waals surface area contributed by atoms with Gasteiger partial charge in [0.25, 0.3) is 0 Å². The average molecular weight is 497 g/mol. The summed E-state index contributed by atoms with van der Waals surface area (Å²) in [5, 5.41) is 0.727. The Balaban J connectivity index is 1.54. The molecule has 34 heavy (non-hydrogen) atoms. The lowest BCUT2D eigenvalue weighted by molar-refractivity contribution is 0.112. The molecule has 1 aliphatic heterocycles. The Kier molecular flexibility index (Phi) is 6.40. The van der Waals surface area contributed by atoms with E-state index in [1.165, 1.54) is 0 Å². The molecule has 1 fully saturated rings. The van der Waals surface area contributed by atoms with Gasteiger partial charge in [0, 0.05) is 35.3 Å². The van der Waals surface area contributed by atoms with Crippen molar-refractivity contribution in [1.29, 1.82) is 0 Å². The highest BCUT2D eigenvalue weighted by Gasteiger charge is 2.31. The van der Waals surface area contributed by atoms with Crippen molar-refractivity contribution < 1.29 is 13.2 Å². The van der Waals surface area contributed by atoms with E-state index in [1.54, 1.807) is 28.6 Å². The van der Waals surface area contributed by atoms with Gasteiger partial charge < -0.3 is 4.98 Å². The topological polar surface area (TPSA) is 70.2 Å². The van der Waals surface area contributed by atoms with Crippen LogP contribution in [0.15, 0.2) is 47.4 Å². The van der Waals surface area contributed by atoms with Crippen molar-refractivity contribution in [2.24, 2.45) is 0 Å². The maximum Gasteiger partial charge on any atom is 0.243 e. The number of halogens is 1. The van der Waals surface area contributed by atoms with Gasteiger partial charge in [-0.15, -0.1) is 0 Å². The lowest BCUT2D eigenvalue weighted by Gasteiger charge is -2.26. The van der Waals surface area contributed by atoms with Gasteiger partial charge >= 0.3 is 0 Å². The second-order valence-corrected chi connectivity index (χ2v) is 11.7. The fraction of sp³-hybridized carbons (Fsp3) is 0.370. The van der Waals surface area contributed by atoms with E-state index in [9.17, 15) is 13.2 Å². The number of aldehydes is 1. The maximum atomic E-state index is 13.0. The number of nitrogens with one attached hydrogen (secondary N) is 1. The molecule has 2 aliphatic rings. The van der Waals surface area contributed by atoms with E-state index in [0.717, 1.165) is 83.5 Å². The summed E-state index contributed by atoms with van der Waals surface area (Å²) < 4.78 is 27.6. The number of hydrogen-bond donors (Lipinski definition) is 1. The van der Waals surface area contributed by atoms with E-state index >= 15 is 0 Å². The number of hydrogen-bond acceptors (Lipinski definition) is 3. The van der Waals surface area contributed by atoms with Crippen molar-refractivity contribution in [3.63, 3.8) is 0 Å². The molecule has 178 valence electrons. The minimum atomic E-state index is -3.49. The van der Waals surface area contributed by atoms with Crippen LogP contribution in [0.2, 0.25) is 5.02 Å². The zero-order chi connectivity index (χ0) is 23.9. The normalized spacial score (nSPS) is 19.1. The first-order valence-corrected chi connectivity index (χ1v) is 13.8. The molecule has 0 bridgehead atoms. The molecular formula is C27H29ClN2O3S. The molecule has 1 unspecified atom stereocenters. The SMILES string of the molecule is Cc1cccc(Cl)c1C1CCCc2[nH]c(-c3ccc(S(=O)(=O)N4CCCCC4)cc3)c(C=O)c21. The van der Waals surface area contributed by atoms with Crippen LogP contribution in [0.3, 0.4) is 0 Å². The first-order valence-electron chi connectivity index (χ1n) is 12.0. The molecule has 0 saturated carbocycles. The number of carbonyl (C=O) groups is 1. The number of carbonyl (C=O) groups excluding carboxylic acids is 1. The standard InChI is InChI=1S/C27H29ClN2O3S/c1-18-7-5-9-23(28)25(18)21-8-6-10-24-26(21)22(17-31)27(29-24)19-11-13-20(14-12-19)34(32,33)30-15-3-2-4-16-30/h5,7,9,11-14,17,21,29H,2-4,6,8,10,15-16H2,1H3. The molecular weight excluding hydrogens is 468 g/mol. The smallest absolute Gasteiger partial charge is 0.243 e. The average Bonchev–Trinajstić information content (AvgIpc) is 3.24. The van der Waals surface area contributed by atoms with E-state index in [1.807, 2.05) is 12.1 Å². The molecule has 5 nitrogen and oxygen atoms in total. The van der Waals surface area contributed by atoms with Crippen molar-refractivity contribution in [2.45, 2.75) is 56.3 Å². The molecule has 7 heteroatoms. The van der Waals surface area contributed by atoms with Gasteiger partial charge in [0.1, 0.15) is 0 Å². The molecule has 5 rings (SSSR count). The molecule has 2 aromatic carbocycles.